The van der Waals surface area contributed by atoms with Crippen molar-refractivity contribution in [1.82, 2.24) is 4.57 Å². The predicted octanol–water partition coefficient (Wildman–Crippen LogP) is 2.77. The second-order valence-electron chi connectivity index (χ2n) is 3.86. The van der Waals surface area contributed by atoms with Crippen molar-refractivity contribution >= 4 is 38.9 Å². The number of hydrogen-bond donors (Lipinski definition) is 1. The van der Waals surface area contributed by atoms with Gasteiger partial charge < -0.3 is 9.88 Å². The number of anilines is 1. The van der Waals surface area contributed by atoms with Gasteiger partial charge >= 0.3 is 0 Å². The van der Waals surface area contributed by atoms with E-state index in [2.05, 4.69) is 21.2 Å². The molecule has 2 aromatic heterocycles. The third-order valence-corrected chi connectivity index (χ3v) is 3.93. The molecule has 1 amide bonds. The quantitative estimate of drug-likeness (QED) is 0.922. The van der Waals surface area contributed by atoms with Crippen molar-refractivity contribution < 1.29 is 4.79 Å². The van der Waals surface area contributed by atoms with Gasteiger partial charge in [-0.2, -0.15) is 0 Å². The van der Waals surface area contributed by atoms with Gasteiger partial charge in [0.2, 0.25) is 0 Å². The molecular formula is C12H11BrN2O2S. The number of hydrogen-bond acceptors (Lipinski definition) is 3. The van der Waals surface area contributed by atoms with Crippen LogP contribution in [0.1, 0.15) is 14.5 Å². The Labute approximate surface area is 116 Å². The fraction of sp³-hybridized carbons (Fsp3) is 0.167. The SMILES string of the molecule is Cc1ccc(C(=O)Nc2cc(Br)c(=O)n(C)c2)s1. The molecule has 0 aliphatic rings. The highest BCUT2D eigenvalue weighted by molar-refractivity contribution is 9.10. The number of rotatable bonds is 2. The monoisotopic (exact) mass is 326 g/mol. The Balaban J connectivity index is 2.25. The third kappa shape index (κ3) is 2.70. The Morgan fingerprint density at radius 3 is 2.72 bits per heavy atom. The van der Waals surface area contributed by atoms with Crippen molar-refractivity contribution in [3.63, 3.8) is 0 Å². The maximum atomic E-state index is 11.9. The van der Waals surface area contributed by atoms with Gasteiger partial charge in [0, 0.05) is 18.1 Å². The van der Waals surface area contributed by atoms with Crippen LogP contribution in [-0.2, 0) is 7.05 Å². The number of nitrogens with one attached hydrogen (secondary N) is 1. The Morgan fingerprint density at radius 1 is 1.44 bits per heavy atom. The highest BCUT2D eigenvalue weighted by Crippen LogP contribution is 2.18. The van der Waals surface area contributed by atoms with Gasteiger partial charge in [-0.25, -0.2) is 0 Å². The van der Waals surface area contributed by atoms with E-state index in [0.29, 0.717) is 15.0 Å². The minimum absolute atomic E-state index is 0.139. The Hall–Kier alpha value is -1.40. The molecule has 0 saturated heterocycles. The van der Waals surface area contributed by atoms with E-state index in [4.69, 9.17) is 0 Å². The van der Waals surface area contributed by atoms with Crippen LogP contribution in [0.5, 0.6) is 0 Å². The van der Waals surface area contributed by atoms with Crippen LogP contribution in [0, 0.1) is 6.92 Å². The highest BCUT2D eigenvalue weighted by Gasteiger charge is 2.09. The van der Waals surface area contributed by atoms with Gasteiger partial charge in [0.1, 0.15) is 0 Å². The molecule has 0 radical (unpaired) electrons. The fourth-order valence-corrected chi connectivity index (χ4v) is 2.78. The van der Waals surface area contributed by atoms with Crippen molar-refractivity contribution in [2.75, 3.05) is 5.32 Å². The van der Waals surface area contributed by atoms with Crippen LogP contribution in [0.2, 0.25) is 0 Å². The standard InChI is InChI=1S/C12H11BrN2O2S/c1-7-3-4-10(18-7)11(16)14-8-5-9(13)12(17)15(2)6-8/h3-6H,1-2H3,(H,14,16). The van der Waals surface area contributed by atoms with E-state index in [1.54, 1.807) is 25.4 Å². The van der Waals surface area contributed by atoms with E-state index >= 15 is 0 Å². The molecule has 1 N–H and O–H groups in total. The summed E-state index contributed by atoms with van der Waals surface area (Å²) in [7, 11) is 1.64. The third-order valence-electron chi connectivity index (χ3n) is 2.36. The minimum Gasteiger partial charge on any atom is -0.320 e. The lowest BCUT2D eigenvalue weighted by atomic mass is 10.3. The smallest absolute Gasteiger partial charge is 0.265 e. The van der Waals surface area contributed by atoms with Crippen molar-refractivity contribution in [3.05, 3.63) is 49.0 Å². The van der Waals surface area contributed by atoms with Crippen molar-refractivity contribution in [2.45, 2.75) is 6.92 Å². The van der Waals surface area contributed by atoms with Gasteiger partial charge in [-0.05, 0) is 41.1 Å². The summed E-state index contributed by atoms with van der Waals surface area (Å²) in [6, 6.07) is 5.28. The Morgan fingerprint density at radius 2 is 2.17 bits per heavy atom. The summed E-state index contributed by atoms with van der Waals surface area (Å²) in [5.41, 5.74) is 0.444. The number of aryl methyl sites for hydroxylation is 2. The number of aromatic nitrogens is 1. The molecule has 0 bridgehead atoms. The summed E-state index contributed by atoms with van der Waals surface area (Å²) in [5.74, 6) is -0.168. The Bertz CT molecular complexity index is 634. The molecule has 0 atom stereocenters. The molecule has 0 fully saturated rings. The zero-order valence-corrected chi connectivity index (χ0v) is 12.3. The normalized spacial score (nSPS) is 10.4. The highest BCUT2D eigenvalue weighted by atomic mass is 79.9. The topological polar surface area (TPSA) is 51.1 Å². The lowest BCUT2D eigenvalue weighted by Crippen LogP contribution is -2.19. The second kappa shape index (κ2) is 5.07. The molecular weight excluding hydrogens is 316 g/mol. The van der Waals surface area contributed by atoms with Gasteiger partial charge in [-0.1, -0.05) is 0 Å². The van der Waals surface area contributed by atoms with Gasteiger partial charge in [0.25, 0.3) is 11.5 Å². The molecule has 0 unspecified atom stereocenters. The van der Waals surface area contributed by atoms with Crippen LogP contribution >= 0.6 is 27.3 Å². The largest absolute Gasteiger partial charge is 0.320 e. The van der Waals surface area contributed by atoms with E-state index < -0.39 is 0 Å². The zero-order valence-electron chi connectivity index (χ0n) is 9.86. The van der Waals surface area contributed by atoms with Gasteiger partial charge in [0.05, 0.1) is 15.0 Å². The molecule has 2 heterocycles. The molecule has 0 aromatic carbocycles. The molecule has 0 aliphatic heterocycles. The van der Waals surface area contributed by atoms with E-state index in [9.17, 15) is 9.59 Å². The number of carbonyl (C=O) groups excluding carboxylic acids is 1. The van der Waals surface area contributed by atoms with E-state index in [-0.39, 0.29) is 11.5 Å². The number of pyridine rings is 1. The summed E-state index contributed by atoms with van der Waals surface area (Å²) in [6.45, 7) is 1.95. The summed E-state index contributed by atoms with van der Waals surface area (Å²) in [4.78, 5) is 25.2. The van der Waals surface area contributed by atoms with Crippen molar-refractivity contribution in [3.8, 4) is 0 Å². The summed E-state index contributed by atoms with van der Waals surface area (Å²) < 4.78 is 1.84. The summed E-state index contributed by atoms with van der Waals surface area (Å²) in [6.07, 6.45) is 1.59. The van der Waals surface area contributed by atoms with E-state index in [0.717, 1.165) is 4.88 Å². The van der Waals surface area contributed by atoms with Gasteiger partial charge in [-0.15, -0.1) is 11.3 Å². The molecule has 2 aromatic rings. The van der Waals surface area contributed by atoms with Crippen LogP contribution in [0.4, 0.5) is 5.69 Å². The molecule has 2 rings (SSSR count). The first-order chi connectivity index (χ1) is 8.47. The number of amides is 1. The molecule has 94 valence electrons. The predicted molar refractivity (Wildman–Crippen MR) is 76.4 cm³/mol. The number of carbonyl (C=O) groups is 1. The summed E-state index contributed by atoms with van der Waals surface area (Å²) >= 11 is 4.60. The molecule has 0 aliphatic carbocycles. The number of thiophene rings is 1. The van der Waals surface area contributed by atoms with Gasteiger partial charge in [-0.3, -0.25) is 9.59 Å². The first kappa shape index (κ1) is 13.0. The maximum absolute atomic E-state index is 11.9. The number of halogens is 1. The first-order valence-corrected chi connectivity index (χ1v) is 6.82. The van der Waals surface area contributed by atoms with E-state index in [1.165, 1.54) is 15.9 Å². The van der Waals surface area contributed by atoms with Crippen LogP contribution in [0.15, 0.2) is 33.7 Å². The minimum atomic E-state index is -0.168. The number of nitrogens with zero attached hydrogens (tertiary/aromatic N) is 1. The van der Waals surface area contributed by atoms with Crippen molar-refractivity contribution in [2.24, 2.45) is 7.05 Å². The average Bonchev–Trinajstić information content (AvgIpc) is 2.72. The molecule has 0 saturated carbocycles. The van der Waals surface area contributed by atoms with Crippen LogP contribution in [0.25, 0.3) is 0 Å². The lowest BCUT2D eigenvalue weighted by Gasteiger charge is -2.06. The lowest BCUT2D eigenvalue weighted by molar-refractivity contribution is 0.103. The fourth-order valence-electron chi connectivity index (χ4n) is 1.49. The first-order valence-electron chi connectivity index (χ1n) is 5.21. The molecule has 18 heavy (non-hydrogen) atoms. The van der Waals surface area contributed by atoms with Crippen LogP contribution in [0.3, 0.4) is 0 Å². The average molecular weight is 327 g/mol. The summed E-state index contributed by atoms with van der Waals surface area (Å²) in [5, 5.41) is 2.76. The zero-order chi connectivity index (χ0) is 13.3. The van der Waals surface area contributed by atoms with Crippen LogP contribution in [-0.4, -0.2) is 10.5 Å². The molecule has 6 heteroatoms. The Kier molecular flexibility index (Phi) is 3.68. The second-order valence-corrected chi connectivity index (χ2v) is 6.00. The van der Waals surface area contributed by atoms with Crippen LogP contribution < -0.4 is 10.9 Å². The molecule has 0 spiro atoms. The molecule has 4 nitrogen and oxygen atoms in total. The van der Waals surface area contributed by atoms with E-state index in [1.807, 2.05) is 13.0 Å². The van der Waals surface area contributed by atoms with Gasteiger partial charge in [0.15, 0.2) is 0 Å². The van der Waals surface area contributed by atoms with Crippen molar-refractivity contribution in [1.29, 1.82) is 0 Å². The maximum Gasteiger partial charge on any atom is 0.265 e.